The summed E-state index contributed by atoms with van der Waals surface area (Å²) >= 11 is 2.14. The van der Waals surface area contributed by atoms with E-state index in [9.17, 15) is 14.4 Å². The highest BCUT2D eigenvalue weighted by atomic mass is 127. The lowest BCUT2D eigenvalue weighted by molar-refractivity contribution is -0.130. The molecule has 4 amide bonds. The minimum absolute atomic E-state index is 0.0581. The summed E-state index contributed by atoms with van der Waals surface area (Å²) in [6.07, 6.45) is 2.30. The first kappa shape index (κ1) is 30.9. The minimum atomic E-state index is -0.791. The van der Waals surface area contributed by atoms with E-state index < -0.39 is 17.8 Å². The van der Waals surface area contributed by atoms with Gasteiger partial charge in [0.05, 0.1) is 29.9 Å². The molecule has 1 saturated heterocycles. The zero-order chi connectivity index (χ0) is 30.1. The Labute approximate surface area is 258 Å². The van der Waals surface area contributed by atoms with Crippen LogP contribution < -0.4 is 24.3 Å². The van der Waals surface area contributed by atoms with Gasteiger partial charge >= 0.3 is 6.03 Å². The predicted octanol–water partition coefficient (Wildman–Crippen LogP) is 6.12. The molecule has 220 valence electrons. The fourth-order valence-corrected chi connectivity index (χ4v) is 5.02. The molecule has 1 N–H and O–H groups in total. The van der Waals surface area contributed by atoms with Gasteiger partial charge in [-0.2, -0.15) is 0 Å². The van der Waals surface area contributed by atoms with Gasteiger partial charge in [0.15, 0.2) is 23.0 Å². The second-order valence-corrected chi connectivity index (χ2v) is 10.5. The van der Waals surface area contributed by atoms with Crippen LogP contribution in [0.25, 0.3) is 6.08 Å². The molecule has 1 fully saturated rings. The normalized spacial score (nSPS) is 14.1. The predicted molar refractivity (Wildman–Crippen MR) is 167 cm³/mol. The summed E-state index contributed by atoms with van der Waals surface area (Å²) in [5, 5.41) is 2.28. The Bertz CT molecular complexity index is 1470. The van der Waals surface area contributed by atoms with E-state index in [0.29, 0.717) is 60.6 Å². The largest absolute Gasteiger partial charge is 0.490 e. The molecule has 0 aromatic heterocycles. The van der Waals surface area contributed by atoms with Crippen molar-refractivity contribution in [1.29, 1.82) is 0 Å². The van der Waals surface area contributed by atoms with Gasteiger partial charge in [-0.25, -0.2) is 4.79 Å². The van der Waals surface area contributed by atoms with Crippen LogP contribution in [0.2, 0.25) is 0 Å². The first-order valence-electron chi connectivity index (χ1n) is 13.7. The van der Waals surface area contributed by atoms with Gasteiger partial charge in [-0.3, -0.25) is 19.8 Å². The third-order valence-corrected chi connectivity index (χ3v) is 6.97. The molecule has 4 rings (SSSR count). The van der Waals surface area contributed by atoms with Crippen molar-refractivity contribution in [3.63, 3.8) is 0 Å². The Hall–Kier alpha value is -4.06. The van der Waals surface area contributed by atoms with E-state index in [4.69, 9.17) is 18.9 Å². The lowest BCUT2D eigenvalue weighted by atomic mass is 10.1. The van der Waals surface area contributed by atoms with Gasteiger partial charge in [-0.15, -0.1) is 0 Å². The van der Waals surface area contributed by atoms with Crippen LogP contribution in [-0.4, -0.2) is 42.6 Å². The highest BCUT2D eigenvalue weighted by Gasteiger charge is 2.36. The van der Waals surface area contributed by atoms with E-state index in [1.54, 1.807) is 30.3 Å². The molecule has 3 aromatic rings. The van der Waals surface area contributed by atoms with E-state index >= 15 is 0 Å². The van der Waals surface area contributed by atoms with Crippen LogP contribution in [0.1, 0.15) is 43.9 Å². The Morgan fingerprint density at radius 3 is 2.26 bits per heavy atom. The molecule has 0 unspecified atom stereocenters. The third kappa shape index (κ3) is 7.61. The Balaban J connectivity index is 1.59. The number of urea groups is 1. The standard InChI is InChI=1S/C32H33IN2O7/c1-4-14-41-26-13-12-22(17-27(26)39-5-2)19-35-31(37)24(30(36)34-32(35)38)15-23-16-25(33)29(28(18-23)40-6-3)42-20-21-10-8-7-9-11-21/h7-13,15-18H,4-6,14,19-20H2,1-3H3,(H,34,36,38)/b24-15+. The minimum Gasteiger partial charge on any atom is -0.490 e. The molecular formula is C32H33IN2O7. The maximum Gasteiger partial charge on any atom is 0.331 e. The summed E-state index contributed by atoms with van der Waals surface area (Å²) in [6.45, 7) is 7.38. The van der Waals surface area contributed by atoms with Crippen LogP contribution in [0.3, 0.4) is 0 Å². The molecule has 1 aliphatic heterocycles. The molecular weight excluding hydrogens is 651 g/mol. The number of halogens is 1. The number of hydrogen-bond donors (Lipinski definition) is 1. The lowest BCUT2D eigenvalue weighted by Crippen LogP contribution is -2.53. The van der Waals surface area contributed by atoms with Gasteiger partial charge in [-0.1, -0.05) is 43.3 Å². The van der Waals surface area contributed by atoms with E-state index in [2.05, 4.69) is 27.9 Å². The van der Waals surface area contributed by atoms with Gasteiger partial charge in [0.25, 0.3) is 11.8 Å². The molecule has 0 bridgehead atoms. The Kier molecular flexibility index (Phi) is 10.8. The highest BCUT2D eigenvalue weighted by molar-refractivity contribution is 14.1. The number of ether oxygens (including phenoxy) is 4. The summed E-state index contributed by atoms with van der Waals surface area (Å²) < 4.78 is 24.1. The molecule has 10 heteroatoms. The Morgan fingerprint density at radius 1 is 0.810 bits per heavy atom. The van der Waals surface area contributed by atoms with Crippen molar-refractivity contribution in [2.45, 2.75) is 40.3 Å². The van der Waals surface area contributed by atoms with E-state index in [1.165, 1.54) is 6.08 Å². The first-order chi connectivity index (χ1) is 20.3. The number of benzene rings is 3. The zero-order valence-electron chi connectivity index (χ0n) is 23.8. The molecule has 1 heterocycles. The van der Waals surface area contributed by atoms with Crippen molar-refractivity contribution < 1.29 is 33.3 Å². The van der Waals surface area contributed by atoms with Crippen LogP contribution in [-0.2, 0) is 22.7 Å². The number of nitrogens with zero attached hydrogens (tertiary/aromatic N) is 1. The number of nitrogens with one attached hydrogen (secondary N) is 1. The average molecular weight is 685 g/mol. The average Bonchev–Trinajstić information content (AvgIpc) is 2.97. The molecule has 0 spiro atoms. The molecule has 3 aromatic carbocycles. The topological polar surface area (TPSA) is 103 Å². The molecule has 0 aliphatic carbocycles. The third-order valence-electron chi connectivity index (χ3n) is 6.16. The van der Waals surface area contributed by atoms with Crippen molar-refractivity contribution in [2.75, 3.05) is 19.8 Å². The van der Waals surface area contributed by atoms with E-state index in [-0.39, 0.29) is 12.1 Å². The number of carbonyl (C=O) groups is 3. The number of rotatable bonds is 13. The highest BCUT2D eigenvalue weighted by Crippen LogP contribution is 2.36. The fourth-order valence-electron chi connectivity index (χ4n) is 4.24. The van der Waals surface area contributed by atoms with Crippen LogP contribution in [0.5, 0.6) is 23.0 Å². The second-order valence-electron chi connectivity index (χ2n) is 9.31. The van der Waals surface area contributed by atoms with Crippen molar-refractivity contribution in [2.24, 2.45) is 0 Å². The first-order valence-corrected chi connectivity index (χ1v) is 14.8. The molecule has 0 atom stereocenters. The smallest absolute Gasteiger partial charge is 0.331 e. The van der Waals surface area contributed by atoms with Gasteiger partial charge in [0.2, 0.25) is 0 Å². The molecule has 0 radical (unpaired) electrons. The number of carbonyl (C=O) groups excluding carboxylic acids is 3. The maximum absolute atomic E-state index is 13.5. The number of barbiturate groups is 1. The Morgan fingerprint density at radius 2 is 1.55 bits per heavy atom. The summed E-state index contributed by atoms with van der Waals surface area (Å²) in [5.74, 6) is 0.687. The maximum atomic E-state index is 13.5. The van der Waals surface area contributed by atoms with E-state index in [0.717, 1.165) is 20.5 Å². The van der Waals surface area contributed by atoms with Crippen LogP contribution in [0.4, 0.5) is 4.79 Å². The molecule has 9 nitrogen and oxygen atoms in total. The quantitative estimate of drug-likeness (QED) is 0.132. The second kappa shape index (κ2) is 14.7. The molecule has 0 saturated carbocycles. The van der Waals surface area contributed by atoms with Gasteiger partial charge in [-0.05, 0) is 89.9 Å². The van der Waals surface area contributed by atoms with Crippen LogP contribution in [0, 0.1) is 3.57 Å². The summed E-state index contributed by atoms with van der Waals surface area (Å²) in [7, 11) is 0. The van der Waals surface area contributed by atoms with Crippen LogP contribution in [0.15, 0.2) is 66.2 Å². The van der Waals surface area contributed by atoms with Gasteiger partial charge < -0.3 is 18.9 Å². The summed E-state index contributed by atoms with van der Waals surface area (Å²) in [6, 6.07) is 17.7. The van der Waals surface area contributed by atoms with Gasteiger partial charge in [0, 0.05) is 0 Å². The van der Waals surface area contributed by atoms with Crippen molar-refractivity contribution in [3.05, 3.63) is 86.5 Å². The lowest BCUT2D eigenvalue weighted by Gasteiger charge is -2.26. The summed E-state index contributed by atoms with van der Waals surface area (Å²) in [5.41, 5.74) is 2.04. The van der Waals surface area contributed by atoms with E-state index in [1.807, 2.05) is 51.1 Å². The summed E-state index contributed by atoms with van der Waals surface area (Å²) in [4.78, 5) is 40.0. The number of amides is 4. The number of imide groups is 2. The van der Waals surface area contributed by atoms with Crippen molar-refractivity contribution in [3.8, 4) is 23.0 Å². The molecule has 42 heavy (non-hydrogen) atoms. The van der Waals surface area contributed by atoms with Crippen molar-refractivity contribution in [1.82, 2.24) is 10.2 Å². The number of hydrogen-bond acceptors (Lipinski definition) is 7. The fraction of sp³-hybridized carbons (Fsp3) is 0.281. The SMILES string of the molecule is CCCOc1ccc(CN2C(=O)NC(=O)/C(=C\c3cc(I)c(OCc4ccccc4)c(OCC)c3)C2=O)cc1OCC. The monoisotopic (exact) mass is 684 g/mol. The van der Waals surface area contributed by atoms with Gasteiger partial charge in [0.1, 0.15) is 12.2 Å². The molecule has 1 aliphatic rings. The van der Waals surface area contributed by atoms with Crippen molar-refractivity contribution >= 4 is 46.5 Å². The van der Waals surface area contributed by atoms with Crippen LogP contribution >= 0.6 is 22.6 Å². The zero-order valence-corrected chi connectivity index (χ0v) is 25.9.